The predicted octanol–water partition coefficient (Wildman–Crippen LogP) is 4.74. The van der Waals surface area contributed by atoms with Crippen LogP contribution in [0.4, 0.5) is 0 Å². The van der Waals surface area contributed by atoms with Crippen molar-refractivity contribution in [3.8, 4) is 22.8 Å². The van der Waals surface area contributed by atoms with Crippen LogP contribution in [-0.4, -0.2) is 27.6 Å². The highest BCUT2D eigenvalue weighted by atomic mass is 35.5. The minimum atomic E-state index is -0.0605. The molecule has 0 spiro atoms. The molecule has 134 valence electrons. The van der Waals surface area contributed by atoms with E-state index in [-0.39, 0.29) is 11.5 Å². The van der Waals surface area contributed by atoms with Gasteiger partial charge in [-0.3, -0.25) is 4.99 Å². The first-order chi connectivity index (χ1) is 12.5. The van der Waals surface area contributed by atoms with E-state index in [1.165, 1.54) is 29.7 Å². The summed E-state index contributed by atoms with van der Waals surface area (Å²) in [7, 11) is 0. The fourth-order valence-electron chi connectivity index (χ4n) is 2.27. The van der Waals surface area contributed by atoms with E-state index in [1.807, 2.05) is 18.4 Å². The van der Waals surface area contributed by atoms with Gasteiger partial charge in [-0.25, -0.2) is 4.68 Å². The Labute approximate surface area is 164 Å². The Morgan fingerprint density at radius 3 is 2.62 bits per heavy atom. The number of halogens is 2. The highest BCUT2D eigenvalue weighted by Gasteiger charge is 2.10. The number of hydrogen-bond donors (Lipinski definition) is 2. The molecule has 0 saturated carbocycles. The number of nitrogens with zero attached hydrogens (tertiary/aromatic N) is 3. The monoisotopic (exact) mass is 407 g/mol. The van der Waals surface area contributed by atoms with Gasteiger partial charge in [-0.15, -0.1) is 11.3 Å². The van der Waals surface area contributed by atoms with Crippen LogP contribution in [0.15, 0.2) is 51.9 Å². The molecule has 1 heterocycles. The first kappa shape index (κ1) is 18.5. The zero-order valence-electron chi connectivity index (χ0n) is 13.7. The van der Waals surface area contributed by atoms with Crippen molar-refractivity contribution in [2.24, 2.45) is 10.1 Å². The van der Waals surface area contributed by atoms with Crippen LogP contribution in [0.25, 0.3) is 11.3 Å². The quantitative estimate of drug-likeness (QED) is 0.613. The van der Waals surface area contributed by atoms with Crippen LogP contribution in [0.5, 0.6) is 11.5 Å². The van der Waals surface area contributed by atoms with Crippen LogP contribution in [0.2, 0.25) is 10.0 Å². The first-order valence-corrected chi connectivity index (χ1v) is 9.36. The minimum absolute atomic E-state index is 0.0130. The number of rotatable bonds is 4. The average Bonchev–Trinajstić information content (AvgIpc) is 3.00. The number of aromatic hydroxyl groups is 2. The number of thiazole rings is 1. The van der Waals surface area contributed by atoms with E-state index in [0.29, 0.717) is 27.0 Å². The van der Waals surface area contributed by atoms with E-state index in [1.54, 1.807) is 22.9 Å². The van der Waals surface area contributed by atoms with Gasteiger partial charge in [0.25, 0.3) is 0 Å². The van der Waals surface area contributed by atoms with Crippen LogP contribution in [0.3, 0.4) is 0 Å². The third-order valence-corrected chi connectivity index (χ3v) is 5.11. The Balaban J connectivity index is 2.10. The largest absolute Gasteiger partial charge is 0.508 e. The topological polar surface area (TPSA) is 70.1 Å². The molecule has 5 nitrogen and oxygen atoms in total. The Morgan fingerprint density at radius 1 is 1.12 bits per heavy atom. The molecule has 1 aromatic heterocycles. The fraction of sp³-hybridized carbons (Fsp3) is 0.111. The summed E-state index contributed by atoms with van der Waals surface area (Å²) >= 11 is 13.6. The van der Waals surface area contributed by atoms with Gasteiger partial charge < -0.3 is 10.2 Å². The fourth-order valence-corrected chi connectivity index (χ4v) is 3.47. The maximum Gasteiger partial charge on any atom is 0.206 e. The molecule has 0 radical (unpaired) electrons. The molecule has 0 fully saturated rings. The third-order valence-electron chi connectivity index (χ3n) is 3.52. The van der Waals surface area contributed by atoms with E-state index in [9.17, 15) is 10.2 Å². The van der Waals surface area contributed by atoms with Crippen LogP contribution in [0.1, 0.15) is 12.5 Å². The number of benzene rings is 2. The summed E-state index contributed by atoms with van der Waals surface area (Å²) in [6.45, 7) is 2.56. The molecule has 3 rings (SSSR count). The summed E-state index contributed by atoms with van der Waals surface area (Å²) in [4.78, 5) is 5.16. The molecule has 3 aromatic rings. The summed E-state index contributed by atoms with van der Waals surface area (Å²) < 4.78 is 1.68. The zero-order valence-corrected chi connectivity index (χ0v) is 16.1. The first-order valence-electron chi connectivity index (χ1n) is 7.72. The molecule has 0 saturated heterocycles. The van der Waals surface area contributed by atoms with Gasteiger partial charge in [0.05, 0.1) is 22.0 Å². The standard InChI is InChI=1S/C18H15Cl2N3O2S/c1-2-21-18-23(22-9-12-3-5-13(24)8-17(12)25)16(10-26-18)11-4-6-14(19)15(20)7-11/h3-10,24-25H,2H2,1H3. The molecule has 0 atom stereocenters. The molecule has 26 heavy (non-hydrogen) atoms. The van der Waals surface area contributed by atoms with Gasteiger partial charge in [0.2, 0.25) is 4.80 Å². The maximum atomic E-state index is 9.93. The third kappa shape index (κ3) is 3.93. The van der Waals surface area contributed by atoms with Crippen molar-refractivity contribution in [2.45, 2.75) is 6.92 Å². The molecular weight excluding hydrogens is 393 g/mol. The molecule has 0 unspecified atom stereocenters. The smallest absolute Gasteiger partial charge is 0.206 e. The highest BCUT2D eigenvalue weighted by Crippen LogP contribution is 2.29. The number of phenols is 2. The van der Waals surface area contributed by atoms with Gasteiger partial charge in [0.1, 0.15) is 11.5 Å². The molecule has 2 aromatic carbocycles. The Bertz CT molecular complexity index is 1040. The lowest BCUT2D eigenvalue weighted by Crippen LogP contribution is -2.12. The van der Waals surface area contributed by atoms with Crippen molar-refractivity contribution in [2.75, 3.05) is 6.54 Å². The summed E-state index contributed by atoms with van der Waals surface area (Å²) in [6, 6.07) is 9.68. The Hall–Kier alpha value is -2.28. The molecule has 0 bridgehead atoms. The van der Waals surface area contributed by atoms with Crippen molar-refractivity contribution in [3.05, 3.63) is 62.2 Å². The van der Waals surface area contributed by atoms with E-state index < -0.39 is 0 Å². The molecule has 0 aliphatic carbocycles. The van der Waals surface area contributed by atoms with Crippen molar-refractivity contribution >= 4 is 40.8 Å². The van der Waals surface area contributed by atoms with E-state index in [2.05, 4.69) is 10.1 Å². The van der Waals surface area contributed by atoms with Gasteiger partial charge in [0.15, 0.2) is 0 Å². The van der Waals surface area contributed by atoms with E-state index in [4.69, 9.17) is 23.2 Å². The normalized spacial score (nSPS) is 12.2. The Kier molecular flexibility index (Phi) is 5.66. The molecule has 8 heteroatoms. The number of hydrogen-bond acceptors (Lipinski definition) is 5. The van der Waals surface area contributed by atoms with Crippen LogP contribution in [-0.2, 0) is 0 Å². The van der Waals surface area contributed by atoms with Crippen LogP contribution < -0.4 is 4.80 Å². The van der Waals surface area contributed by atoms with Gasteiger partial charge in [-0.05, 0) is 31.2 Å². The Morgan fingerprint density at radius 2 is 1.92 bits per heavy atom. The van der Waals surface area contributed by atoms with Crippen molar-refractivity contribution < 1.29 is 10.2 Å². The number of phenolic OH excluding ortho intramolecular Hbond substituents is 2. The van der Waals surface area contributed by atoms with Gasteiger partial charge in [-0.1, -0.05) is 29.3 Å². The second-order valence-electron chi connectivity index (χ2n) is 5.31. The van der Waals surface area contributed by atoms with E-state index in [0.717, 1.165) is 11.3 Å². The molecule has 0 aliphatic heterocycles. The van der Waals surface area contributed by atoms with Crippen molar-refractivity contribution in [1.82, 2.24) is 4.68 Å². The van der Waals surface area contributed by atoms with Gasteiger partial charge in [-0.2, -0.15) is 5.10 Å². The minimum Gasteiger partial charge on any atom is -0.508 e. The van der Waals surface area contributed by atoms with Crippen LogP contribution in [0, 0.1) is 0 Å². The second-order valence-corrected chi connectivity index (χ2v) is 6.96. The maximum absolute atomic E-state index is 9.93. The summed E-state index contributed by atoms with van der Waals surface area (Å²) in [5, 5.41) is 26.7. The second kappa shape index (κ2) is 7.95. The lowest BCUT2D eigenvalue weighted by atomic mass is 10.2. The van der Waals surface area contributed by atoms with Crippen LogP contribution >= 0.6 is 34.5 Å². The van der Waals surface area contributed by atoms with Crippen molar-refractivity contribution in [1.29, 1.82) is 0 Å². The molecule has 2 N–H and O–H groups in total. The van der Waals surface area contributed by atoms with Gasteiger partial charge >= 0.3 is 0 Å². The highest BCUT2D eigenvalue weighted by molar-refractivity contribution is 7.07. The SMILES string of the molecule is CCN=c1scc(-c2ccc(Cl)c(Cl)c2)n1N=Cc1ccc(O)cc1O. The summed E-state index contributed by atoms with van der Waals surface area (Å²) in [5.74, 6) is -0.0735. The molecular formula is C18H15Cl2N3O2S. The van der Waals surface area contributed by atoms with Crippen molar-refractivity contribution in [3.63, 3.8) is 0 Å². The average molecular weight is 408 g/mol. The number of aromatic nitrogens is 1. The summed E-state index contributed by atoms with van der Waals surface area (Å²) in [6.07, 6.45) is 1.51. The lowest BCUT2D eigenvalue weighted by Gasteiger charge is -2.05. The summed E-state index contributed by atoms with van der Waals surface area (Å²) in [5.41, 5.74) is 2.12. The van der Waals surface area contributed by atoms with E-state index >= 15 is 0 Å². The predicted molar refractivity (Wildman–Crippen MR) is 107 cm³/mol. The van der Waals surface area contributed by atoms with Gasteiger partial charge in [0, 0.05) is 29.1 Å². The lowest BCUT2D eigenvalue weighted by molar-refractivity contribution is 0.450. The molecule has 0 aliphatic rings. The zero-order chi connectivity index (χ0) is 18.7. The molecule has 0 amide bonds.